The number of benzene rings is 2. The van der Waals surface area contributed by atoms with Gasteiger partial charge in [-0.1, -0.05) is 36.4 Å². The van der Waals surface area contributed by atoms with Gasteiger partial charge in [-0.2, -0.15) is 4.31 Å². The molecule has 0 atom stereocenters. The molecule has 0 saturated carbocycles. The molecule has 9 heteroatoms. The van der Waals surface area contributed by atoms with Gasteiger partial charge in [0.2, 0.25) is 15.9 Å². The molecule has 0 aliphatic carbocycles. The summed E-state index contributed by atoms with van der Waals surface area (Å²) < 4.78 is 40.4. The van der Waals surface area contributed by atoms with E-state index in [2.05, 4.69) is 34.1 Å². The van der Waals surface area contributed by atoms with Crippen molar-refractivity contribution in [2.24, 2.45) is 0 Å². The molecule has 2 aliphatic heterocycles. The monoisotopic (exact) mass is 474 g/mol. The number of rotatable bonds is 6. The van der Waals surface area contributed by atoms with Crippen molar-refractivity contribution in [1.29, 1.82) is 0 Å². The van der Waals surface area contributed by atoms with Gasteiger partial charge >= 0.3 is 0 Å². The summed E-state index contributed by atoms with van der Waals surface area (Å²) in [5, 5.41) is 0. The Morgan fingerprint density at radius 1 is 0.818 bits per heavy atom. The van der Waals surface area contributed by atoms with Crippen molar-refractivity contribution < 1.29 is 17.6 Å². The molecule has 2 heterocycles. The Hall–Kier alpha value is -2.33. The number of hydrogen-bond acceptors (Lipinski definition) is 5. The Balaban J connectivity index is 1.25. The Bertz CT molecular complexity index is 1040. The van der Waals surface area contributed by atoms with Crippen molar-refractivity contribution in [2.45, 2.75) is 17.9 Å². The van der Waals surface area contributed by atoms with E-state index >= 15 is 0 Å². The molecule has 33 heavy (non-hydrogen) atoms. The molecule has 178 valence electrons. The largest absolute Gasteiger partial charge is 0.339 e. The summed E-state index contributed by atoms with van der Waals surface area (Å²) >= 11 is 0. The van der Waals surface area contributed by atoms with Crippen molar-refractivity contribution in [3.8, 4) is 0 Å². The molecule has 2 saturated heterocycles. The van der Waals surface area contributed by atoms with E-state index in [0.29, 0.717) is 19.6 Å². The lowest BCUT2D eigenvalue weighted by Crippen LogP contribution is -2.52. The third kappa shape index (κ3) is 6.17. The summed E-state index contributed by atoms with van der Waals surface area (Å²) in [6.07, 6.45) is 1.01. The number of sulfonamides is 1. The number of halogens is 1. The second-order valence-corrected chi connectivity index (χ2v) is 10.6. The van der Waals surface area contributed by atoms with Crippen molar-refractivity contribution >= 4 is 15.9 Å². The lowest BCUT2D eigenvalue weighted by atomic mass is 10.2. The molecule has 7 nitrogen and oxygen atoms in total. The van der Waals surface area contributed by atoms with E-state index in [1.54, 1.807) is 4.90 Å². The Morgan fingerprint density at radius 3 is 2.24 bits per heavy atom. The van der Waals surface area contributed by atoms with Crippen LogP contribution in [0.4, 0.5) is 4.39 Å². The number of carbonyl (C=O) groups excluding carboxylic acids is 1. The van der Waals surface area contributed by atoms with E-state index in [1.165, 1.54) is 28.1 Å². The highest BCUT2D eigenvalue weighted by Crippen LogP contribution is 2.19. The van der Waals surface area contributed by atoms with Gasteiger partial charge in [-0.25, -0.2) is 12.8 Å². The fourth-order valence-corrected chi connectivity index (χ4v) is 5.88. The van der Waals surface area contributed by atoms with Gasteiger partial charge in [0.1, 0.15) is 5.82 Å². The fourth-order valence-electron chi connectivity index (χ4n) is 4.43. The third-order valence-electron chi connectivity index (χ3n) is 6.31. The first kappa shape index (κ1) is 23.8. The van der Waals surface area contributed by atoms with E-state index in [0.717, 1.165) is 45.2 Å². The zero-order valence-electron chi connectivity index (χ0n) is 18.8. The number of carbonyl (C=O) groups is 1. The quantitative estimate of drug-likeness (QED) is 0.640. The minimum Gasteiger partial charge on any atom is -0.339 e. The molecule has 2 aromatic carbocycles. The fraction of sp³-hybridized carbons (Fsp3) is 0.458. The predicted molar refractivity (Wildman–Crippen MR) is 125 cm³/mol. The average Bonchev–Trinajstić information content (AvgIpc) is 3.04. The minimum atomic E-state index is -3.76. The highest BCUT2D eigenvalue weighted by Gasteiger charge is 2.31. The van der Waals surface area contributed by atoms with Crippen LogP contribution in [0.5, 0.6) is 0 Å². The van der Waals surface area contributed by atoms with Gasteiger partial charge in [-0.15, -0.1) is 0 Å². The second-order valence-electron chi connectivity index (χ2n) is 8.63. The lowest BCUT2D eigenvalue weighted by Gasteiger charge is -2.35. The summed E-state index contributed by atoms with van der Waals surface area (Å²) in [4.78, 5) is 19.2. The van der Waals surface area contributed by atoms with Crippen LogP contribution in [-0.4, -0.2) is 92.2 Å². The van der Waals surface area contributed by atoms with E-state index < -0.39 is 15.8 Å². The summed E-state index contributed by atoms with van der Waals surface area (Å²) in [5.41, 5.74) is 1.30. The molecule has 2 aliphatic rings. The zero-order valence-corrected chi connectivity index (χ0v) is 19.6. The van der Waals surface area contributed by atoms with Gasteiger partial charge in [-0.05, 0) is 43.3 Å². The summed E-state index contributed by atoms with van der Waals surface area (Å²) in [6.45, 7) is 6.06. The standard InChI is InChI=1S/C24H31FN4O3S/c25-22-8-4-9-23(18-22)33(31,32)29-16-14-28(15-17-29)24(30)20-27-11-5-10-26(12-13-27)19-21-6-2-1-3-7-21/h1-4,6-9,18H,5,10-17,19-20H2. The first-order valence-corrected chi connectivity index (χ1v) is 12.9. The first-order valence-electron chi connectivity index (χ1n) is 11.4. The van der Waals surface area contributed by atoms with Crippen LogP contribution >= 0.6 is 0 Å². The molecule has 1 amide bonds. The lowest BCUT2D eigenvalue weighted by molar-refractivity contribution is -0.133. The summed E-state index contributed by atoms with van der Waals surface area (Å²) in [5.74, 6) is -0.543. The number of amides is 1. The molecule has 4 rings (SSSR count). The van der Waals surface area contributed by atoms with E-state index in [-0.39, 0.29) is 23.9 Å². The maximum atomic E-state index is 13.5. The number of piperazine rings is 1. The van der Waals surface area contributed by atoms with Gasteiger partial charge < -0.3 is 4.90 Å². The average molecular weight is 475 g/mol. The van der Waals surface area contributed by atoms with Crippen molar-refractivity contribution in [3.05, 3.63) is 66.0 Å². The molecule has 0 bridgehead atoms. The Kier molecular flexibility index (Phi) is 7.75. The normalized spacial score (nSPS) is 19.4. The van der Waals surface area contributed by atoms with E-state index in [9.17, 15) is 17.6 Å². The van der Waals surface area contributed by atoms with Gasteiger partial charge in [0.25, 0.3) is 0 Å². The molecular formula is C24H31FN4O3S. The van der Waals surface area contributed by atoms with E-state index in [4.69, 9.17) is 0 Å². The van der Waals surface area contributed by atoms with Crippen LogP contribution in [0.1, 0.15) is 12.0 Å². The highest BCUT2D eigenvalue weighted by atomic mass is 32.2. The van der Waals surface area contributed by atoms with Gasteiger partial charge in [0.05, 0.1) is 11.4 Å². The topological polar surface area (TPSA) is 64.2 Å². The molecular weight excluding hydrogens is 443 g/mol. The van der Waals surface area contributed by atoms with Crippen molar-refractivity contribution in [1.82, 2.24) is 19.0 Å². The molecule has 0 unspecified atom stereocenters. The minimum absolute atomic E-state index is 0.0364. The zero-order chi connectivity index (χ0) is 23.3. The second kappa shape index (κ2) is 10.7. The van der Waals surface area contributed by atoms with Crippen LogP contribution in [0.3, 0.4) is 0 Å². The Labute approximate surface area is 195 Å². The van der Waals surface area contributed by atoms with Crippen LogP contribution in [-0.2, 0) is 21.4 Å². The van der Waals surface area contributed by atoms with Crippen molar-refractivity contribution in [3.63, 3.8) is 0 Å². The van der Waals surface area contributed by atoms with Gasteiger partial charge in [-0.3, -0.25) is 14.6 Å². The molecule has 2 fully saturated rings. The van der Waals surface area contributed by atoms with Crippen LogP contribution in [0.15, 0.2) is 59.5 Å². The Morgan fingerprint density at radius 2 is 1.52 bits per heavy atom. The summed E-state index contributed by atoms with van der Waals surface area (Å²) in [7, 11) is -3.76. The molecule has 0 aromatic heterocycles. The predicted octanol–water partition coefficient (Wildman–Crippen LogP) is 1.87. The number of hydrogen-bond donors (Lipinski definition) is 0. The van der Waals surface area contributed by atoms with Crippen molar-refractivity contribution in [2.75, 3.05) is 58.9 Å². The summed E-state index contributed by atoms with van der Waals surface area (Å²) in [6, 6.07) is 15.5. The van der Waals surface area contributed by atoms with Crippen LogP contribution in [0.2, 0.25) is 0 Å². The highest BCUT2D eigenvalue weighted by molar-refractivity contribution is 7.89. The molecule has 0 spiro atoms. The van der Waals surface area contributed by atoms with Gasteiger partial charge in [0, 0.05) is 45.8 Å². The van der Waals surface area contributed by atoms with Crippen LogP contribution < -0.4 is 0 Å². The first-order chi connectivity index (χ1) is 15.9. The third-order valence-corrected chi connectivity index (χ3v) is 8.21. The number of nitrogens with zero attached hydrogens (tertiary/aromatic N) is 4. The van der Waals surface area contributed by atoms with E-state index in [1.807, 2.05) is 6.07 Å². The van der Waals surface area contributed by atoms with Crippen LogP contribution in [0, 0.1) is 5.82 Å². The SMILES string of the molecule is O=C(CN1CCCN(Cc2ccccc2)CC1)N1CCN(S(=O)(=O)c2cccc(F)c2)CC1. The van der Waals surface area contributed by atoms with Crippen LogP contribution in [0.25, 0.3) is 0 Å². The molecule has 0 N–H and O–H groups in total. The molecule has 0 radical (unpaired) electrons. The van der Waals surface area contributed by atoms with Gasteiger partial charge in [0.15, 0.2) is 0 Å². The maximum absolute atomic E-state index is 13.5. The maximum Gasteiger partial charge on any atom is 0.243 e. The molecule has 2 aromatic rings. The smallest absolute Gasteiger partial charge is 0.243 e.